The molecule has 4 rings (SSSR count). The SMILES string of the molecule is O=C(c1ccncn1)N1CCC2OCCCC2(COc2ccccn2)C1. The molecule has 2 aromatic rings. The Morgan fingerprint density at radius 2 is 2.27 bits per heavy atom. The fraction of sp³-hybridized carbons (Fsp3) is 0.474. The standard InChI is InChI=1S/C19H22N4O3/c24-18(15-5-9-20-14-22-15)23-10-6-16-19(12-23,7-3-11-25-16)13-26-17-4-1-2-8-21-17/h1-2,4-5,8-9,14,16H,3,6-7,10-13H2. The van der Waals surface area contributed by atoms with Crippen LogP contribution in [0, 0.1) is 5.41 Å². The Kier molecular flexibility index (Phi) is 4.79. The van der Waals surface area contributed by atoms with Gasteiger partial charge >= 0.3 is 0 Å². The van der Waals surface area contributed by atoms with Crippen LogP contribution >= 0.6 is 0 Å². The monoisotopic (exact) mass is 354 g/mol. The predicted molar refractivity (Wildman–Crippen MR) is 93.7 cm³/mol. The van der Waals surface area contributed by atoms with Gasteiger partial charge in [0, 0.05) is 43.6 Å². The zero-order valence-electron chi connectivity index (χ0n) is 14.6. The lowest BCUT2D eigenvalue weighted by Gasteiger charge is -2.49. The van der Waals surface area contributed by atoms with Crippen LogP contribution in [0.2, 0.25) is 0 Å². The Morgan fingerprint density at radius 1 is 1.31 bits per heavy atom. The molecule has 2 saturated heterocycles. The van der Waals surface area contributed by atoms with Crippen LogP contribution < -0.4 is 4.74 Å². The first-order valence-corrected chi connectivity index (χ1v) is 8.98. The van der Waals surface area contributed by atoms with Gasteiger partial charge in [0.05, 0.1) is 12.7 Å². The molecule has 7 heteroatoms. The summed E-state index contributed by atoms with van der Waals surface area (Å²) < 4.78 is 12.0. The molecule has 1 amide bonds. The summed E-state index contributed by atoms with van der Waals surface area (Å²) >= 11 is 0. The average molecular weight is 354 g/mol. The Bertz CT molecular complexity index is 743. The Labute approximate surface area is 152 Å². The van der Waals surface area contributed by atoms with Crippen LogP contribution in [0.1, 0.15) is 29.8 Å². The molecule has 0 aromatic carbocycles. The van der Waals surface area contributed by atoms with E-state index in [0.717, 1.165) is 25.9 Å². The molecule has 2 aliphatic heterocycles. The number of pyridine rings is 1. The number of piperidine rings is 1. The third-order valence-electron chi connectivity index (χ3n) is 5.22. The number of fused-ring (bicyclic) bond motifs is 1. The molecule has 2 atom stereocenters. The van der Waals surface area contributed by atoms with Crippen LogP contribution in [0.5, 0.6) is 5.88 Å². The molecule has 2 aliphatic rings. The molecule has 0 aliphatic carbocycles. The first kappa shape index (κ1) is 16.9. The van der Waals surface area contributed by atoms with E-state index in [1.807, 2.05) is 23.1 Å². The molecular formula is C19H22N4O3. The van der Waals surface area contributed by atoms with Crippen molar-refractivity contribution in [2.75, 3.05) is 26.3 Å². The number of amides is 1. The van der Waals surface area contributed by atoms with Crippen LogP contribution in [0.25, 0.3) is 0 Å². The lowest BCUT2D eigenvalue weighted by Crippen LogP contribution is -2.58. The van der Waals surface area contributed by atoms with E-state index < -0.39 is 0 Å². The Hall–Kier alpha value is -2.54. The lowest BCUT2D eigenvalue weighted by molar-refractivity contribution is -0.133. The number of aromatic nitrogens is 3. The fourth-order valence-corrected chi connectivity index (χ4v) is 3.90. The molecule has 0 spiro atoms. The number of likely N-dealkylation sites (tertiary alicyclic amines) is 1. The molecule has 0 saturated carbocycles. The van der Waals surface area contributed by atoms with E-state index in [2.05, 4.69) is 15.0 Å². The van der Waals surface area contributed by atoms with E-state index in [4.69, 9.17) is 9.47 Å². The highest BCUT2D eigenvalue weighted by molar-refractivity contribution is 5.92. The molecule has 0 N–H and O–H groups in total. The summed E-state index contributed by atoms with van der Waals surface area (Å²) in [5.74, 6) is 0.541. The van der Waals surface area contributed by atoms with Crippen LogP contribution in [-0.4, -0.2) is 58.2 Å². The molecule has 2 fully saturated rings. The second kappa shape index (κ2) is 7.37. The van der Waals surface area contributed by atoms with Crippen molar-refractivity contribution >= 4 is 5.91 Å². The van der Waals surface area contributed by atoms with Gasteiger partial charge in [-0.25, -0.2) is 15.0 Å². The highest BCUT2D eigenvalue weighted by Gasteiger charge is 2.48. The van der Waals surface area contributed by atoms with Gasteiger partial charge in [-0.1, -0.05) is 6.07 Å². The third-order valence-corrected chi connectivity index (χ3v) is 5.22. The second-order valence-electron chi connectivity index (χ2n) is 6.89. The second-order valence-corrected chi connectivity index (χ2v) is 6.89. The Morgan fingerprint density at radius 3 is 3.08 bits per heavy atom. The van der Waals surface area contributed by atoms with Crippen molar-refractivity contribution in [2.24, 2.45) is 5.41 Å². The lowest BCUT2D eigenvalue weighted by atomic mass is 9.73. The largest absolute Gasteiger partial charge is 0.477 e. The maximum atomic E-state index is 12.8. The molecule has 0 bridgehead atoms. The Balaban J connectivity index is 1.52. The summed E-state index contributed by atoms with van der Waals surface area (Å²) in [6, 6.07) is 7.27. The van der Waals surface area contributed by atoms with E-state index in [1.54, 1.807) is 18.5 Å². The van der Waals surface area contributed by atoms with Gasteiger partial charge in [0.1, 0.15) is 12.0 Å². The number of hydrogen-bond acceptors (Lipinski definition) is 6. The first-order chi connectivity index (χ1) is 12.8. The summed E-state index contributed by atoms with van der Waals surface area (Å²) in [5.41, 5.74) is 0.215. The topological polar surface area (TPSA) is 77.4 Å². The zero-order chi connectivity index (χ0) is 17.8. The van der Waals surface area contributed by atoms with E-state index >= 15 is 0 Å². The molecule has 0 radical (unpaired) electrons. The highest BCUT2D eigenvalue weighted by atomic mass is 16.5. The van der Waals surface area contributed by atoms with Gasteiger partial charge in [0.2, 0.25) is 5.88 Å². The predicted octanol–water partition coefficient (Wildman–Crippen LogP) is 1.96. The maximum absolute atomic E-state index is 12.8. The molecule has 2 unspecified atom stereocenters. The van der Waals surface area contributed by atoms with Crippen molar-refractivity contribution < 1.29 is 14.3 Å². The number of ether oxygens (including phenoxy) is 2. The summed E-state index contributed by atoms with van der Waals surface area (Å²) in [5, 5.41) is 0. The van der Waals surface area contributed by atoms with Crippen molar-refractivity contribution in [2.45, 2.75) is 25.4 Å². The number of carbonyl (C=O) groups excluding carboxylic acids is 1. The van der Waals surface area contributed by atoms with Crippen LogP contribution in [0.15, 0.2) is 43.0 Å². The van der Waals surface area contributed by atoms with Gasteiger partial charge in [0.25, 0.3) is 5.91 Å². The summed E-state index contributed by atoms with van der Waals surface area (Å²) in [6.07, 6.45) is 7.57. The number of rotatable bonds is 4. The van der Waals surface area contributed by atoms with Gasteiger partial charge in [0.15, 0.2) is 0 Å². The smallest absolute Gasteiger partial charge is 0.272 e. The number of nitrogens with zero attached hydrogens (tertiary/aromatic N) is 4. The molecule has 136 valence electrons. The quantitative estimate of drug-likeness (QED) is 0.835. The van der Waals surface area contributed by atoms with Gasteiger partial charge in [-0.2, -0.15) is 0 Å². The highest BCUT2D eigenvalue weighted by Crippen LogP contribution is 2.40. The number of hydrogen-bond donors (Lipinski definition) is 0. The molecule has 2 aromatic heterocycles. The normalized spacial score (nSPS) is 25.4. The fourth-order valence-electron chi connectivity index (χ4n) is 3.90. The molecule has 4 heterocycles. The van der Waals surface area contributed by atoms with Gasteiger partial charge in [-0.15, -0.1) is 0 Å². The minimum atomic E-state index is -0.212. The minimum Gasteiger partial charge on any atom is -0.477 e. The van der Waals surface area contributed by atoms with Crippen molar-refractivity contribution in [3.05, 3.63) is 48.7 Å². The summed E-state index contributed by atoms with van der Waals surface area (Å²) in [6.45, 7) is 2.53. The summed E-state index contributed by atoms with van der Waals surface area (Å²) in [4.78, 5) is 26.9. The average Bonchev–Trinajstić information content (AvgIpc) is 2.73. The van der Waals surface area contributed by atoms with Crippen LogP contribution in [-0.2, 0) is 4.74 Å². The molecular weight excluding hydrogens is 332 g/mol. The van der Waals surface area contributed by atoms with Crippen LogP contribution in [0.3, 0.4) is 0 Å². The van der Waals surface area contributed by atoms with Gasteiger partial charge in [-0.3, -0.25) is 4.79 Å². The van der Waals surface area contributed by atoms with Crippen LogP contribution in [0.4, 0.5) is 0 Å². The van der Waals surface area contributed by atoms with E-state index in [-0.39, 0.29) is 17.4 Å². The summed E-state index contributed by atoms with van der Waals surface area (Å²) in [7, 11) is 0. The third kappa shape index (κ3) is 3.39. The van der Waals surface area contributed by atoms with E-state index in [0.29, 0.717) is 31.3 Å². The molecule has 26 heavy (non-hydrogen) atoms. The van der Waals surface area contributed by atoms with Gasteiger partial charge < -0.3 is 14.4 Å². The van der Waals surface area contributed by atoms with Crippen molar-refractivity contribution in [1.82, 2.24) is 19.9 Å². The van der Waals surface area contributed by atoms with Crippen molar-refractivity contribution in [3.63, 3.8) is 0 Å². The van der Waals surface area contributed by atoms with Crippen molar-refractivity contribution in [1.29, 1.82) is 0 Å². The maximum Gasteiger partial charge on any atom is 0.272 e. The van der Waals surface area contributed by atoms with Gasteiger partial charge in [-0.05, 0) is 31.4 Å². The van der Waals surface area contributed by atoms with E-state index in [9.17, 15) is 4.79 Å². The molecule has 7 nitrogen and oxygen atoms in total. The van der Waals surface area contributed by atoms with Crippen molar-refractivity contribution in [3.8, 4) is 5.88 Å². The minimum absolute atomic E-state index is 0.0614. The first-order valence-electron chi connectivity index (χ1n) is 8.98. The zero-order valence-corrected chi connectivity index (χ0v) is 14.6. The number of carbonyl (C=O) groups is 1. The van der Waals surface area contributed by atoms with E-state index in [1.165, 1.54) is 6.33 Å².